The van der Waals surface area contributed by atoms with Crippen LogP contribution in [0.1, 0.15) is 84.0 Å². The number of aliphatic hydroxyl groups is 3. The molecule has 0 fully saturated rings. The van der Waals surface area contributed by atoms with Gasteiger partial charge in [0.25, 0.3) is 0 Å². The summed E-state index contributed by atoms with van der Waals surface area (Å²) >= 11 is 0. The quantitative estimate of drug-likeness (QED) is 0.317. The van der Waals surface area contributed by atoms with Crippen LogP contribution in [-0.4, -0.2) is 34.1 Å². The predicted octanol–water partition coefficient (Wildman–Crippen LogP) is 3.96. The lowest BCUT2D eigenvalue weighted by molar-refractivity contribution is 0.0152. The highest BCUT2D eigenvalue weighted by Crippen LogP contribution is 2.12. The lowest BCUT2D eigenvalue weighted by Gasteiger charge is -2.16. The van der Waals surface area contributed by atoms with Gasteiger partial charge in [-0.25, -0.2) is 0 Å². The zero-order valence-corrected chi connectivity index (χ0v) is 13.8. The Labute approximate surface area is 131 Å². The zero-order chi connectivity index (χ0) is 15.8. The molecule has 21 heavy (non-hydrogen) atoms. The van der Waals surface area contributed by atoms with E-state index in [-0.39, 0.29) is 6.61 Å². The van der Waals surface area contributed by atoms with Crippen LogP contribution in [0.4, 0.5) is 0 Å². The van der Waals surface area contributed by atoms with Crippen LogP contribution in [0.5, 0.6) is 0 Å². The molecule has 0 rings (SSSR count). The van der Waals surface area contributed by atoms with Crippen molar-refractivity contribution >= 4 is 0 Å². The first-order valence-corrected chi connectivity index (χ1v) is 8.84. The second kappa shape index (κ2) is 16.0. The number of aliphatic hydroxyl groups excluding tert-OH is 3. The lowest BCUT2D eigenvalue weighted by Crippen LogP contribution is -2.25. The highest BCUT2D eigenvalue weighted by molar-refractivity contribution is 4.86. The molecule has 0 aromatic carbocycles. The Hall–Kier alpha value is -0.380. The van der Waals surface area contributed by atoms with Crippen molar-refractivity contribution in [1.82, 2.24) is 0 Å². The van der Waals surface area contributed by atoms with Gasteiger partial charge in [-0.2, -0.15) is 0 Å². The maximum atomic E-state index is 9.88. The van der Waals surface area contributed by atoms with Crippen LogP contribution in [0, 0.1) is 0 Å². The van der Waals surface area contributed by atoms with Crippen molar-refractivity contribution < 1.29 is 15.3 Å². The molecule has 0 aliphatic heterocycles. The van der Waals surface area contributed by atoms with E-state index in [1.54, 1.807) is 0 Å². The average Bonchev–Trinajstić information content (AvgIpc) is 2.49. The molecule has 0 bridgehead atoms. The molecule has 3 nitrogen and oxygen atoms in total. The van der Waals surface area contributed by atoms with Crippen molar-refractivity contribution in [2.45, 2.75) is 96.2 Å². The fourth-order valence-corrected chi connectivity index (χ4v) is 2.39. The molecular weight excluding hydrogens is 264 g/mol. The van der Waals surface area contributed by atoms with Crippen molar-refractivity contribution in [2.24, 2.45) is 0 Å². The summed E-state index contributed by atoms with van der Waals surface area (Å²) < 4.78 is 0. The van der Waals surface area contributed by atoms with E-state index >= 15 is 0 Å². The number of hydrogen-bond donors (Lipinski definition) is 3. The van der Waals surface area contributed by atoms with E-state index in [0.29, 0.717) is 12.8 Å². The van der Waals surface area contributed by atoms with Gasteiger partial charge in [-0.15, -0.1) is 0 Å². The first-order chi connectivity index (χ1) is 10.2. The second-order valence-corrected chi connectivity index (χ2v) is 5.97. The Morgan fingerprint density at radius 1 is 0.762 bits per heavy atom. The molecule has 0 heterocycles. The minimum atomic E-state index is -0.623. The molecule has 0 aromatic rings. The van der Waals surface area contributed by atoms with Gasteiger partial charge in [-0.05, 0) is 32.1 Å². The van der Waals surface area contributed by atoms with Crippen LogP contribution in [-0.2, 0) is 0 Å². The molecule has 0 aromatic heterocycles. The Kier molecular flexibility index (Phi) is 15.7. The Balaban J connectivity index is 3.46. The van der Waals surface area contributed by atoms with Crippen molar-refractivity contribution in [3.63, 3.8) is 0 Å². The zero-order valence-electron chi connectivity index (χ0n) is 13.8. The number of allylic oxidation sites excluding steroid dienone is 1. The van der Waals surface area contributed by atoms with Gasteiger partial charge in [0.1, 0.15) is 0 Å². The van der Waals surface area contributed by atoms with Gasteiger partial charge < -0.3 is 15.3 Å². The Morgan fingerprint density at radius 3 is 2.10 bits per heavy atom. The summed E-state index contributed by atoms with van der Waals surface area (Å²) in [4.78, 5) is 0. The highest BCUT2D eigenvalue weighted by atomic mass is 16.3. The second-order valence-electron chi connectivity index (χ2n) is 5.97. The average molecular weight is 300 g/mol. The van der Waals surface area contributed by atoms with Crippen LogP contribution in [0.25, 0.3) is 0 Å². The van der Waals surface area contributed by atoms with Crippen molar-refractivity contribution in [3.8, 4) is 0 Å². The summed E-state index contributed by atoms with van der Waals surface area (Å²) in [5.74, 6) is 0. The van der Waals surface area contributed by atoms with Crippen LogP contribution in [0.3, 0.4) is 0 Å². The normalized spacial score (nSPS) is 14.7. The molecule has 0 spiro atoms. The number of hydrogen-bond acceptors (Lipinski definition) is 3. The standard InChI is InChI=1S/C18H36O3/c1-2-3-4-5-8-11-14-17(20)18(21)15-12-9-6-7-10-13-16-19/h8,11,17-21H,2-7,9-10,12-16H2,1H3. The predicted molar refractivity (Wildman–Crippen MR) is 89.3 cm³/mol. The molecule has 0 amide bonds. The first kappa shape index (κ1) is 20.6. The molecule has 126 valence electrons. The third-order valence-electron chi connectivity index (χ3n) is 3.87. The van der Waals surface area contributed by atoms with Crippen LogP contribution >= 0.6 is 0 Å². The molecular formula is C18H36O3. The minimum absolute atomic E-state index is 0.289. The van der Waals surface area contributed by atoms with Crippen molar-refractivity contribution in [3.05, 3.63) is 12.2 Å². The van der Waals surface area contributed by atoms with Gasteiger partial charge in [0, 0.05) is 6.61 Å². The fourth-order valence-electron chi connectivity index (χ4n) is 2.39. The molecule has 2 atom stereocenters. The van der Waals surface area contributed by atoms with Crippen LogP contribution < -0.4 is 0 Å². The monoisotopic (exact) mass is 300 g/mol. The molecule has 0 aliphatic rings. The van der Waals surface area contributed by atoms with Crippen molar-refractivity contribution in [1.29, 1.82) is 0 Å². The highest BCUT2D eigenvalue weighted by Gasteiger charge is 2.13. The third-order valence-corrected chi connectivity index (χ3v) is 3.87. The van der Waals surface area contributed by atoms with Gasteiger partial charge in [0.2, 0.25) is 0 Å². The van der Waals surface area contributed by atoms with E-state index in [1.807, 2.05) is 6.08 Å². The lowest BCUT2D eigenvalue weighted by atomic mass is 10.0. The molecule has 2 unspecified atom stereocenters. The molecule has 0 saturated heterocycles. The van der Waals surface area contributed by atoms with Crippen molar-refractivity contribution in [2.75, 3.05) is 6.61 Å². The van der Waals surface area contributed by atoms with Crippen LogP contribution in [0.2, 0.25) is 0 Å². The first-order valence-electron chi connectivity index (χ1n) is 8.84. The van der Waals surface area contributed by atoms with E-state index in [2.05, 4.69) is 13.0 Å². The molecule has 0 aliphatic carbocycles. The van der Waals surface area contributed by atoms with Gasteiger partial charge in [-0.3, -0.25) is 0 Å². The maximum Gasteiger partial charge on any atom is 0.0833 e. The minimum Gasteiger partial charge on any atom is -0.396 e. The van der Waals surface area contributed by atoms with Gasteiger partial charge in [0.05, 0.1) is 12.2 Å². The third kappa shape index (κ3) is 14.3. The largest absolute Gasteiger partial charge is 0.396 e. The van der Waals surface area contributed by atoms with E-state index < -0.39 is 12.2 Å². The summed E-state index contributed by atoms with van der Waals surface area (Å²) in [6.07, 6.45) is 15.3. The molecule has 0 saturated carbocycles. The van der Waals surface area contributed by atoms with E-state index in [1.165, 1.54) is 19.3 Å². The van der Waals surface area contributed by atoms with Gasteiger partial charge in [-0.1, -0.05) is 64.0 Å². The summed E-state index contributed by atoms with van der Waals surface area (Å²) in [5, 5.41) is 28.4. The number of rotatable bonds is 15. The van der Waals surface area contributed by atoms with Gasteiger partial charge >= 0.3 is 0 Å². The molecule has 3 N–H and O–H groups in total. The smallest absolute Gasteiger partial charge is 0.0833 e. The van der Waals surface area contributed by atoms with Gasteiger partial charge in [0.15, 0.2) is 0 Å². The Bertz CT molecular complexity index is 229. The summed E-state index contributed by atoms with van der Waals surface area (Å²) in [6.45, 7) is 2.48. The molecule has 3 heteroatoms. The van der Waals surface area contributed by atoms with Crippen LogP contribution in [0.15, 0.2) is 12.2 Å². The maximum absolute atomic E-state index is 9.88. The SMILES string of the molecule is CCCCCC=CCC(O)C(O)CCCCCCCCO. The van der Waals surface area contributed by atoms with E-state index in [0.717, 1.165) is 44.9 Å². The van der Waals surface area contributed by atoms with E-state index in [9.17, 15) is 10.2 Å². The Morgan fingerprint density at radius 2 is 1.43 bits per heavy atom. The summed E-state index contributed by atoms with van der Waals surface area (Å²) in [7, 11) is 0. The fraction of sp³-hybridized carbons (Fsp3) is 0.889. The van der Waals surface area contributed by atoms with E-state index in [4.69, 9.17) is 5.11 Å². The topological polar surface area (TPSA) is 60.7 Å². The summed E-state index contributed by atoms with van der Waals surface area (Å²) in [5.41, 5.74) is 0. The molecule has 0 radical (unpaired) electrons. The summed E-state index contributed by atoms with van der Waals surface area (Å²) in [6, 6.07) is 0. The number of unbranched alkanes of at least 4 members (excludes halogenated alkanes) is 8.